The van der Waals surface area contributed by atoms with Crippen LogP contribution in [0.15, 0.2) is 36.7 Å². The van der Waals surface area contributed by atoms with E-state index in [1.165, 1.54) is 4.90 Å². The van der Waals surface area contributed by atoms with Gasteiger partial charge >= 0.3 is 6.09 Å². The second-order valence-corrected chi connectivity index (χ2v) is 7.59. The summed E-state index contributed by atoms with van der Waals surface area (Å²) >= 11 is 12.6. The lowest BCUT2D eigenvalue weighted by Crippen LogP contribution is -2.50. The van der Waals surface area contributed by atoms with Crippen molar-refractivity contribution in [3.63, 3.8) is 0 Å². The molecule has 2 amide bonds. The average molecular weight is 449 g/mol. The van der Waals surface area contributed by atoms with Crippen LogP contribution in [0, 0.1) is 0 Å². The van der Waals surface area contributed by atoms with Gasteiger partial charge < -0.3 is 24.0 Å². The number of carbonyl (C=O) groups excluding carboxylic acids is 1. The lowest BCUT2D eigenvalue weighted by molar-refractivity contribution is 0.0620. The summed E-state index contributed by atoms with van der Waals surface area (Å²) in [7, 11) is 1.55. The number of carboxylic acid groups (broad SMARTS) is 1. The summed E-state index contributed by atoms with van der Waals surface area (Å²) in [4.78, 5) is 31.2. The minimum Gasteiger partial charge on any atom is -0.496 e. The van der Waals surface area contributed by atoms with Gasteiger partial charge in [-0.2, -0.15) is 0 Å². The average Bonchev–Trinajstić information content (AvgIpc) is 3.18. The standard InChI is InChI=1S/C20H18Cl2N4O4/c1-30-15-3-2-13(21)18(22)17(15)12-4-5-26-11-14(23-16(26)10-12)19(27)24-6-8-25(9-7-24)20(28)29/h2-5,10-11H,6-9H2,1H3,(H,28,29). The maximum absolute atomic E-state index is 12.8. The number of hydrogen-bond donors (Lipinski definition) is 1. The third kappa shape index (κ3) is 3.64. The highest BCUT2D eigenvalue weighted by molar-refractivity contribution is 6.44. The molecule has 1 aliphatic rings. The summed E-state index contributed by atoms with van der Waals surface area (Å²) in [5, 5.41) is 9.83. The van der Waals surface area contributed by atoms with Crippen molar-refractivity contribution in [1.82, 2.24) is 19.2 Å². The van der Waals surface area contributed by atoms with Crippen molar-refractivity contribution in [3.8, 4) is 16.9 Å². The molecule has 4 rings (SSSR count). The molecule has 8 nitrogen and oxygen atoms in total. The van der Waals surface area contributed by atoms with E-state index in [4.69, 9.17) is 33.0 Å². The molecule has 3 aromatic rings. The molecule has 0 unspecified atom stereocenters. The number of halogens is 2. The molecule has 0 saturated carbocycles. The molecule has 0 radical (unpaired) electrons. The number of piperazine rings is 1. The van der Waals surface area contributed by atoms with Gasteiger partial charge in [0.25, 0.3) is 5.91 Å². The molecule has 0 bridgehead atoms. The first kappa shape index (κ1) is 20.3. The van der Waals surface area contributed by atoms with Crippen LogP contribution in [-0.4, -0.2) is 69.6 Å². The molecule has 10 heteroatoms. The summed E-state index contributed by atoms with van der Waals surface area (Å²) < 4.78 is 7.16. The molecule has 1 aliphatic heterocycles. The molecule has 2 aromatic heterocycles. The minimum absolute atomic E-state index is 0.233. The summed E-state index contributed by atoms with van der Waals surface area (Å²) in [6.07, 6.45) is 2.47. The van der Waals surface area contributed by atoms with Gasteiger partial charge in [-0.1, -0.05) is 23.2 Å². The number of imidazole rings is 1. The van der Waals surface area contributed by atoms with Gasteiger partial charge in [-0.15, -0.1) is 0 Å². The fourth-order valence-corrected chi connectivity index (χ4v) is 3.90. The lowest BCUT2D eigenvalue weighted by Gasteiger charge is -2.32. The van der Waals surface area contributed by atoms with Gasteiger partial charge in [0, 0.05) is 44.1 Å². The Labute approximate surface area is 182 Å². The van der Waals surface area contributed by atoms with E-state index < -0.39 is 6.09 Å². The maximum atomic E-state index is 12.8. The normalized spacial score (nSPS) is 14.2. The first-order valence-corrected chi connectivity index (χ1v) is 9.93. The Morgan fingerprint density at radius 1 is 1.10 bits per heavy atom. The van der Waals surface area contributed by atoms with Gasteiger partial charge in [0.05, 0.1) is 17.2 Å². The van der Waals surface area contributed by atoms with Crippen LogP contribution < -0.4 is 4.74 Å². The van der Waals surface area contributed by atoms with Crippen molar-refractivity contribution in [2.45, 2.75) is 0 Å². The molecule has 1 aromatic carbocycles. The van der Waals surface area contributed by atoms with E-state index in [9.17, 15) is 9.59 Å². The summed E-state index contributed by atoms with van der Waals surface area (Å²) in [6.45, 7) is 1.23. The number of amides is 2. The van der Waals surface area contributed by atoms with Crippen LogP contribution >= 0.6 is 23.2 Å². The highest BCUT2D eigenvalue weighted by Gasteiger charge is 2.26. The van der Waals surface area contributed by atoms with E-state index in [0.29, 0.717) is 45.8 Å². The lowest BCUT2D eigenvalue weighted by atomic mass is 10.1. The molecule has 1 N–H and O–H groups in total. The van der Waals surface area contributed by atoms with Crippen LogP contribution in [0.5, 0.6) is 5.75 Å². The molecular weight excluding hydrogens is 431 g/mol. The molecule has 1 saturated heterocycles. The van der Waals surface area contributed by atoms with Crippen molar-refractivity contribution in [1.29, 1.82) is 0 Å². The predicted octanol–water partition coefficient (Wildman–Crippen LogP) is 3.75. The van der Waals surface area contributed by atoms with Crippen molar-refractivity contribution in [2.75, 3.05) is 33.3 Å². The number of benzene rings is 1. The second kappa shape index (κ2) is 8.04. The zero-order valence-electron chi connectivity index (χ0n) is 16.0. The molecule has 0 aliphatic carbocycles. The Morgan fingerprint density at radius 2 is 1.80 bits per heavy atom. The van der Waals surface area contributed by atoms with Crippen molar-refractivity contribution >= 4 is 40.8 Å². The molecule has 0 atom stereocenters. The first-order chi connectivity index (χ1) is 14.4. The van der Waals surface area contributed by atoms with Gasteiger partial charge in [0.1, 0.15) is 17.1 Å². The molecule has 0 spiro atoms. The fraction of sp³-hybridized carbons (Fsp3) is 0.250. The number of nitrogens with zero attached hydrogens (tertiary/aromatic N) is 4. The second-order valence-electron chi connectivity index (χ2n) is 6.81. The number of ether oxygens (including phenoxy) is 1. The Hall–Kier alpha value is -2.97. The highest BCUT2D eigenvalue weighted by Crippen LogP contribution is 2.40. The smallest absolute Gasteiger partial charge is 0.407 e. The number of aromatic nitrogens is 2. The van der Waals surface area contributed by atoms with Crippen LogP contribution in [0.2, 0.25) is 10.0 Å². The fourth-order valence-electron chi connectivity index (χ4n) is 3.48. The predicted molar refractivity (Wildman–Crippen MR) is 113 cm³/mol. The number of fused-ring (bicyclic) bond motifs is 1. The zero-order chi connectivity index (χ0) is 21.4. The molecule has 1 fully saturated rings. The monoisotopic (exact) mass is 448 g/mol. The Morgan fingerprint density at radius 3 is 2.47 bits per heavy atom. The maximum Gasteiger partial charge on any atom is 0.407 e. The molecular formula is C20H18Cl2N4O4. The summed E-state index contributed by atoms with van der Waals surface area (Å²) in [5.41, 5.74) is 2.26. The first-order valence-electron chi connectivity index (χ1n) is 9.17. The quantitative estimate of drug-likeness (QED) is 0.658. The zero-order valence-corrected chi connectivity index (χ0v) is 17.5. The van der Waals surface area contributed by atoms with E-state index >= 15 is 0 Å². The van der Waals surface area contributed by atoms with E-state index in [-0.39, 0.29) is 19.0 Å². The van der Waals surface area contributed by atoms with Crippen LogP contribution in [0.25, 0.3) is 16.8 Å². The van der Waals surface area contributed by atoms with Gasteiger partial charge in [-0.05, 0) is 29.8 Å². The number of rotatable bonds is 3. The Balaban J connectivity index is 1.63. The van der Waals surface area contributed by atoms with Gasteiger partial charge in [-0.25, -0.2) is 9.78 Å². The van der Waals surface area contributed by atoms with Gasteiger partial charge in [-0.3, -0.25) is 4.79 Å². The SMILES string of the molecule is COc1ccc(Cl)c(Cl)c1-c1ccn2cc(C(=O)N3CCN(C(=O)O)CC3)nc2c1. The Bertz CT molecular complexity index is 1140. The van der Waals surface area contributed by atoms with Gasteiger partial charge in [0.15, 0.2) is 0 Å². The minimum atomic E-state index is -0.975. The van der Waals surface area contributed by atoms with Crippen molar-refractivity contribution < 1.29 is 19.4 Å². The van der Waals surface area contributed by atoms with Crippen molar-refractivity contribution in [2.24, 2.45) is 0 Å². The number of methoxy groups -OCH3 is 1. The van der Waals surface area contributed by atoms with Crippen molar-refractivity contribution in [3.05, 3.63) is 52.4 Å². The largest absolute Gasteiger partial charge is 0.496 e. The molecule has 30 heavy (non-hydrogen) atoms. The van der Waals surface area contributed by atoms with E-state index in [2.05, 4.69) is 4.98 Å². The van der Waals surface area contributed by atoms with Crippen LogP contribution in [0.4, 0.5) is 4.79 Å². The van der Waals surface area contributed by atoms with Crippen LogP contribution in [0.3, 0.4) is 0 Å². The third-order valence-electron chi connectivity index (χ3n) is 5.08. The molecule has 156 valence electrons. The topological polar surface area (TPSA) is 87.4 Å². The van der Waals surface area contributed by atoms with Crippen LogP contribution in [-0.2, 0) is 0 Å². The number of carbonyl (C=O) groups is 2. The van der Waals surface area contributed by atoms with E-state index in [1.807, 2.05) is 6.07 Å². The summed E-state index contributed by atoms with van der Waals surface area (Å²) in [6, 6.07) is 7.06. The Kier molecular flexibility index (Phi) is 5.44. The number of hydrogen-bond acceptors (Lipinski definition) is 4. The number of pyridine rings is 1. The molecule has 3 heterocycles. The summed E-state index contributed by atoms with van der Waals surface area (Å²) in [5.74, 6) is 0.344. The third-order valence-corrected chi connectivity index (χ3v) is 5.89. The van der Waals surface area contributed by atoms with E-state index in [0.717, 1.165) is 5.56 Å². The van der Waals surface area contributed by atoms with Crippen LogP contribution in [0.1, 0.15) is 10.5 Å². The highest BCUT2D eigenvalue weighted by atomic mass is 35.5. The van der Waals surface area contributed by atoms with Gasteiger partial charge in [0.2, 0.25) is 0 Å². The van der Waals surface area contributed by atoms with E-state index in [1.54, 1.807) is 47.0 Å².